The normalized spacial score (nSPS) is 14.7. The van der Waals surface area contributed by atoms with Crippen LogP contribution in [0.4, 0.5) is 0 Å². The predicted octanol–water partition coefficient (Wildman–Crippen LogP) is 1.03. The van der Waals surface area contributed by atoms with Gasteiger partial charge in [-0.05, 0) is 23.6 Å². The zero-order valence-electron chi connectivity index (χ0n) is 16.5. The first-order valence-electron chi connectivity index (χ1n) is 9.88. The van der Waals surface area contributed by atoms with Gasteiger partial charge < -0.3 is 10.2 Å². The quantitative estimate of drug-likeness (QED) is 0.638. The lowest BCUT2D eigenvalue weighted by molar-refractivity contribution is -0.133. The molecule has 9 heteroatoms. The van der Waals surface area contributed by atoms with Crippen LogP contribution in [0.15, 0.2) is 52.9 Å². The molecule has 0 atom stereocenters. The monoisotopic (exact) mass is 425 g/mol. The number of para-hydroxylation sites is 1. The smallest absolute Gasteiger partial charge is 0.261 e. The van der Waals surface area contributed by atoms with Gasteiger partial charge in [-0.3, -0.25) is 23.9 Å². The highest BCUT2D eigenvalue weighted by molar-refractivity contribution is 7.12. The Morgan fingerprint density at radius 1 is 1.07 bits per heavy atom. The van der Waals surface area contributed by atoms with Gasteiger partial charge in [-0.1, -0.05) is 18.2 Å². The zero-order valence-corrected chi connectivity index (χ0v) is 17.3. The second-order valence-corrected chi connectivity index (χ2v) is 8.10. The topological polar surface area (TPSA) is 87.5 Å². The molecule has 1 aliphatic rings. The van der Waals surface area contributed by atoms with E-state index in [1.807, 2.05) is 17.5 Å². The molecule has 1 fully saturated rings. The number of aromatic nitrogens is 2. The van der Waals surface area contributed by atoms with Crippen molar-refractivity contribution in [1.29, 1.82) is 0 Å². The van der Waals surface area contributed by atoms with Crippen molar-refractivity contribution in [3.63, 3.8) is 0 Å². The van der Waals surface area contributed by atoms with Crippen LogP contribution in [0.2, 0.25) is 0 Å². The van der Waals surface area contributed by atoms with Gasteiger partial charge in [-0.25, -0.2) is 4.98 Å². The molecule has 1 N–H and O–H groups in total. The van der Waals surface area contributed by atoms with Gasteiger partial charge in [0.05, 0.1) is 22.1 Å². The van der Waals surface area contributed by atoms with Gasteiger partial charge in [-0.15, -0.1) is 11.3 Å². The first kappa shape index (κ1) is 20.2. The van der Waals surface area contributed by atoms with Crippen molar-refractivity contribution in [2.45, 2.75) is 6.54 Å². The van der Waals surface area contributed by atoms with Crippen molar-refractivity contribution in [2.75, 3.05) is 39.3 Å². The number of hydrogen-bond donors (Lipinski definition) is 1. The Kier molecular flexibility index (Phi) is 6.20. The summed E-state index contributed by atoms with van der Waals surface area (Å²) >= 11 is 1.42. The third-order valence-electron chi connectivity index (χ3n) is 5.22. The van der Waals surface area contributed by atoms with Gasteiger partial charge >= 0.3 is 0 Å². The summed E-state index contributed by atoms with van der Waals surface area (Å²) in [6.45, 7) is 4.00. The highest BCUT2D eigenvalue weighted by atomic mass is 32.1. The molecule has 0 saturated carbocycles. The minimum absolute atomic E-state index is 0.00641. The van der Waals surface area contributed by atoms with Crippen LogP contribution >= 0.6 is 11.3 Å². The number of amides is 2. The molecule has 156 valence electrons. The minimum Gasteiger partial charge on any atom is -0.350 e. The minimum atomic E-state index is -0.200. The summed E-state index contributed by atoms with van der Waals surface area (Å²) in [5.74, 6) is -0.131. The lowest BCUT2D eigenvalue weighted by atomic mass is 10.2. The Morgan fingerprint density at radius 2 is 1.87 bits per heavy atom. The number of piperazine rings is 1. The maximum atomic E-state index is 12.7. The maximum Gasteiger partial charge on any atom is 0.261 e. The van der Waals surface area contributed by atoms with Gasteiger partial charge in [0.1, 0.15) is 6.54 Å². The molecule has 4 rings (SSSR count). The summed E-state index contributed by atoms with van der Waals surface area (Å²) in [5.41, 5.74) is 0.431. The van der Waals surface area contributed by atoms with Gasteiger partial charge in [0.15, 0.2) is 0 Å². The fraction of sp³-hybridized carbons (Fsp3) is 0.333. The molecule has 2 aromatic heterocycles. The van der Waals surface area contributed by atoms with Gasteiger partial charge in [0.2, 0.25) is 5.91 Å². The van der Waals surface area contributed by atoms with Crippen molar-refractivity contribution in [1.82, 2.24) is 24.7 Å². The average Bonchev–Trinajstić information content (AvgIpc) is 3.31. The first-order valence-corrected chi connectivity index (χ1v) is 10.8. The number of carbonyl (C=O) groups excluding carboxylic acids is 2. The number of carbonyl (C=O) groups is 2. The molecule has 0 spiro atoms. The highest BCUT2D eigenvalue weighted by Crippen LogP contribution is 2.08. The zero-order chi connectivity index (χ0) is 20.9. The molecule has 0 aliphatic carbocycles. The van der Waals surface area contributed by atoms with Crippen LogP contribution in [0.3, 0.4) is 0 Å². The predicted molar refractivity (Wildman–Crippen MR) is 116 cm³/mol. The van der Waals surface area contributed by atoms with E-state index in [-0.39, 0.29) is 23.9 Å². The number of fused-ring (bicyclic) bond motifs is 1. The Balaban J connectivity index is 1.25. The fourth-order valence-corrected chi connectivity index (χ4v) is 4.15. The summed E-state index contributed by atoms with van der Waals surface area (Å²) in [4.78, 5) is 46.2. The van der Waals surface area contributed by atoms with E-state index in [0.717, 1.165) is 19.6 Å². The molecule has 30 heavy (non-hydrogen) atoms. The van der Waals surface area contributed by atoms with Crippen LogP contribution in [0.25, 0.3) is 10.9 Å². The largest absolute Gasteiger partial charge is 0.350 e. The van der Waals surface area contributed by atoms with Gasteiger partial charge in [0, 0.05) is 39.3 Å². The summed E-state index contributed by atoms with van der Waals surface area (Å²) in [7, 11) is 0. The molecular weight excluding hydrogens is 402 g/mol. The molecule has 0 bridgehead atoms. The van der Waals surface area contributed by atoms with Crippen molar-refractivity contribution in [3.8, 4) is 0 Å². The number of rotatable bonds is 6. The molecule has 0 unspecified atom stereocenters. The molecule has 1 saturated heterocycles. The van der Waals surface area contributed by atoms with E-state index in [9.17, 15) is 14.4 Å². The maximum absolute atomic E-state index is 12.7. The van der Waals surface area contributed by atoms with Crippen molar-refractivity contribution in [2.24, 2.45) is 0 Å². The van der Waals surface area contributed by atoms with E-state index < -0.39 is 0 Å². The molecular formula is C21H23N5O3S. The number of benzene rings is 1. The van der Waals surface area contributed by atoms with Crippen LogP contribution < -0.4 is 10.9 Å². The van der Waals surface area contributed by atoms with Gasteiger partial charge in [-0.2, -0.15) is 0 Å². The summed E-state index contributed by atoms with van der Waals surface area (Å²) < 4.78 is 1.37. The summed E-state index contributed by atoms with van der Waals surface area (Å²) in [6.07, 6.45) is 1.44. The second-order valence-electron chi connectivity index (χ2n) is 7.15. The van der Waals surface area contributed by atoms with Crippen LogP contribution in [0, 0.1) is 0 Å². The standard InChI is InChI=1S/C21H23N5O3S/c27-19(14-26-15-23-17-5-2-1-4-16(17)21(26)29)25-11-9-24(10-12-25)8-7-22-20(28)18-6-3-13-30-18/h1-6,13,15H,7-12,14H2,(H,22,28). The Labute approximate surface area is 177 Å². The lowest BCUT2D eigenvalue weighted by Crippen LogP contribution is -2.51. The summed E-state index contributed by atoms with van der Waals surface area (Å²) in [5, 5.41) is 5.32. The molecule has 1 aromatic carbocycles. The number of thiophene rings is 1. The second kappa shape index (κ2) is 9.19. The number of hydrogen-bond acceptors (Lipinski definition) is 6. The van der Waals surface area contributed by atoms with E-state index >= 15 is 0 Å². The molecule has 3 aromatic rings. The van der Waals surface area contributed by atoms with Crippen LogP contribution in [0.5, 0.6) is 0 Å². The first-order chi connectivity index (χ1) is 14.6. The van der Waals surface area contributed by atoms with E-state index in [1.165, 1.54) is 22.2 Å². The van der Waals surface area contributed by atoms with E-state index in [2.05, 4.69) is 15.2 Å². The molecule has 0 radical (unpaired) electrons. The Hall–Kier alpha value is -3.04. The Bertz CT molecular complexity index is 1090. The molecule has 2 amide bonds. The number of nitrogens with one attached hydrogen (secondary N) is 1. The van der Waals surface area contributed by atoms with Crippen molar-refractivity contribution in [3.05, 3.63) is 63.3 Å². The van der Waals surface area contributed by atoms with Crippen molar-refractivity contribution < 1.29 is 9.59 Å². The lowest BCUT2D eigenvalue weighted by Gasteiger charge is -2.34. The van der Waals surface area contributed by atoms with Gasteiger partial charge in [0.25, 0.3) is 11.5 Å². The third kappa shape index (κ3) is 4.58. The molecule has 8 nitrogen and oxygen atoms in total. The average molecular weight is 426 g/mol. The number of nitrogens with zero attached hydrogens (tertiary/aromatic N) is 4. The molecule has 3 heterocycles. The SMILES string of the molecule is O=C(NCCN1CCN(C(=O)Cn2cnc3ccccc3c2=O)CC1)c1cccs1. The fourth-order valence-electron chi connectivity index (χ4n) is 3.51. The van der Waals surface area contributed by atoms with Crippen LogP contribution in [-0.4, -0.2) is 70.4 Å². The summed E-state index contributed by atoms with van der Waals surface area (Å²) in [6, 6.07) is 10.8. The van der Waals surface area contributed by atoms with E-state index in [0.29, 0.717) is 35.4 Å². The van der Waals surface area contributed by atoms with Crippen LogP contribution in [-0.2, 0) is 11.3 Å². The van der Waals surface area contributed by atoms with E-state index in [1.54, 1.807) is 29.2 Å². The van der Waals surface area contributed by atoms with E-state index in [4.69, 9.17) is 0 Å². The van der Waals surface area contributed by atoms with Crippen LogP contribution in [0.1, 0.15) is 9.67 Å². The Morgan fingerprint density at radius 3 is 2.63 bits per heavy atom. The highest BCUT2D eigenvalue weighted by Gasteiger charge is 2.21. The third-order valence-corrected chi connectivity index (χ3v) is 6.09. The van der Waals surface area contributed by atoms with Crippen molar-refractivity contribution >= 4 is 34.1 Å². The molecule has 1 aliphatic heterocycles.